The molecule has 1 aromatic rings. The van der Waals surface area contributed by atoms with Crippen molar-refractivity contribution in [3.05, 3.63) is 41.5 Å². The minimum atomic E-state index is -0.966. The second-order valence-corrected chi connectivity index (χ2v) is 2.85. The maximum absolute atomic E-state index is 10.4. The van der Waals surface area contributed by atoms with Crippen LogP contribution in [0, 0.1) is 11.3 Å². The van der Waals surface area contributed by atoms with Crippen LogP contribution in [-0.4, -0.2) is 11.1 Å². The van der Waals surface area contributed by atoms with E-state index in [1.165, 1.54) is 0 Å². The Labute approximate surface area is 81.9 Å². The Bertz CT molecular complexity index is 410. The van der Waals surface area contributed by atoms with Gasteiger partial charge in [-0.1, -0.05) is 12.1 Å². The Morgan fingerprint density at radius 1 is 1.43 bits per heavy atom. The van der Waals surface area contributed by atoms with Crippen LogP contribution >= 0.6 is 0 Å². The number of benzene rings is 1. The number of allylic oxidation sites excluding steroid dienone is 1. The molecule has 1 N–H and O–H groups in total. The van der Waals surface area contributed by atoms with Crippen molar-refractivity contribution in [1.29, 1.82) is 5.26 Å². The molecule has 0 spiro atoms. The topological polar surface area (TPSA) is 61.1 Å². The summed E-state index contributed by atoms with van der Waals surface area (Å²) < 4.78 is 0. The van der Waals surface area contributed by atoms with Gasteiger partial charge in [0.2, 0.25) is 0 Å². The third-order valence-corrected chi connectivity index (χ3v) is 1.81. The fourth-order valence-corrected chi connectivity index (χ4v) is 1.08. The zero-order valence-electron chi connectivity index (χ0n) is 7.69. The summed E-state index contributed by atoms with van der Waals surface area (Å²) in [5, 5.41) is 17.1. The molecule has 3 heteroatoms. The van der Waals surface area contributed by atoms with Crippen LogP contribution in [0.15, 0.2) is 30.3 Å². The maximum atomic E-state index is 10.4. The molecule has 0 unspecified atom stereocenters. The summed E-state index contributed by atoms with van der Waals surface area (Å²) in [4.78, 5) is 10.4. The highest BCUT2D eigenvalue weighted by Gasteiger charge is 1.98. The molecule has 0 saturated heterocycles. The van der Waals surface area contributed by atoms with E-state index in [1.807, 2.05) is 6.07 Å². The summed E-state index contributed by atoms with van der Waals surface area (Å²) in [6.45, 7) is 1.72. The van der Waals surface area contributed by atoms with Crippen LogP contribution in [-0.2, 0) is 4.79 Å². The number of hydrogen-bond acceptors (Lipinski definition) is 2. The summed E-state index contributed by atoms with van der Waals surface area (Å²) in [5.41, 5.74) is 2.05. The van der Waals surface area contributed by atoms with Crippen molar-refractivity contribution in [2.75, 3.05) is 0 Å². The van der Waals surface area contributed by atoms with Crippen molar-refractivity contribution >= 4 is 11.5 Å². The zero-order chi connectivity index (χ0) is 10.6. The lowest BCUT2D eigenvalue weighted by Crippen LogP contribution is -1.90. The van der Waals surface area contributed by atoms with Crippen molar-refractivity contribution in [2.24, 2.45) is 0 Å². The minimum absolute atomic E-state index is 0.567. The average Bonchev–Trinajstić information content (AvgIpc) is 2.17. The highest BCUT2D eigenvalue weighted by molar-refractivity contribution is 5.89. The van der Waals surface area contributed by atoms with E-state index < -0.39 is 5.97 Å². The normalized spacial score (nSPS) is 10.7. The number of hydrogen-bond donors (Lipinski definition) is 1. The van der Waals surface area contributed by atoms with Crippen molar-refractivity contribution in [3.63, 3.8) is 0 Å². The largest absolute Gasteiger partial charge is 0.478 e. The molecule has 3 nitrogen and oxygen atoms in total. The van der Waals surface area contributed by atoms with Gasteiger partial charge in [-0.2, -0.15) is 5.26 Å². The van der Waals surface area contributed by atoms with Gasteiger partial charge in [-0.05, 0) is 30.2 Å². The predicted molar refractivity (Wildman–Crippen MR) is 52.4 cm³/mol. The van der Waals surface area contributed by atoms with Crippen LogP contribution in [0.4, 0.5) is 0 Å². The van der Waals surface area contributed by atoms with Gasteiger partial charge in [-0.3, -0.25) is 0 Å². The lowest BCUT2D eigenvalue weighted by molar-refractivity contribution is -0.131. The molecule has 0 heterocycles. The maximum Gasteiger partial charge on any atom is 0.328 e. The van der Waals surface area contributed by atoms with Gasteiger partial charge >= 0.3 is 5.97 Å². The predicted octanol–water partition coefficient (Wildman–Crippen LogP) is 2.05. The van der Waals surface area contributed by atoms with Crippen LogP contribution in [0.5, 0.6) is 0 Å². The lowest BCUT2D eigenvalue weighted by Gasteiger charge is -1.99. The summed E-state index contributed by atoms with van der Waals surface area (Å²) >= 11 is 0. The smallest absolute Gasteiger partial charge is 0.328 e. The number of nitrogens with zero attached hydrogens (tertiary/aromatic N) is 1. The van der Waals surface area contributed by atoms with E-state index in [0.29, 0.717) is 11.1 Å². The highest BCUT2D eigenvalue weighted by Crippen LogP contribution is 2.13. The molecule has 70 valence electrons. The first-order valence-corrected chi connectivity index (χ1v) is 4.05. The molecule has 0 aromatic heterocycles. The summed E-state index contributed by atoms with van der Waals surface area (Å²) in [6.07, 6.45) is 1.14. The SMILES string of the molecule is C/C(=C/C(=O)O)c1ccc(C#N)cc1. The molecule has 14 heavy (non-hydrogen) atoms. The molecule has 0 aliphatic rings. The Balaban J connectivity index is 2.99. The van der Waals surface area contributed by atoms with Crippen molar-refractivity contribution in [1.82, 2.24) is 0 Å². The first-order chi connectivity index (χ1) is 6.63. The van der Waals surface area contributed by atoms with Gasteiger partial charge in [0.1, 0.15) is 0 Å². The van der Waals surface area contributed by atoms with Crippen LogP contribution in [0.3, 0.4) is 0 Å². The molecule has 0 aliphatic carbocycles. The molecule has 0 saturated carbocycles. The number of aliphatic carboxylic acids is 1. The molecule has 0 bridgehead atoms. The van der Waals surface area contributed by atoms with E-state index in [4.69, 9.17) is 10.4 Å². The molecule has 0 atom stereocenters. The van der Waals surface area contributed by atoms with E-state index in [9.17, 15) is 4.79 Å². The summed E-state index contributed by atoms with van der Waals surface area (Å²) in [7, 11) is 0. The number of nitriles is 1. The van der Waals surface area contributed by atoms with Crippen molar-refractivity contribution in [3.8, 4) is 6.07 Å². The third kappa shape index (κ3) is 2.46. The van der Waals surface area contributed by atoms with Crippen LogP contribution in [0.25, 0.3) is 5.57 Å². The van der Waals surface area contributed by atoms with Gasteiger partial charge in [-0.25, -0.2) is 4.79 Å². The van der Waals surface area contributed by atoms with E-state index in [2.05, 4.69) is 0 Å². The number of rotatable bonds is 2. The molecule has 0 fully saturated rings. The fraction of sp³-hybridized carbons (Fsp3) is 0.0909. The highest BCUT2D eigenvalue weighted by atomic mass is 16.4. The quantitative estimate of drug-likeness (QED) is 0.720. The second-order valence-electron chi connectivity index (χ2n) is 2.85. The average molecular weight is 187 g/mol. The third-order valence-electron chi connectivity index (χ3n) is 1.81. The summed E-state index contributed by atoms with van der Waals surface area (Å²) in [5.74, 6) is -0.966. The number of carboxylic acids is 1. The molecule has 1 aromatic carbocycles. The van der Waals surface area contributed by atoms with Gasteiger partial charge in [0.15, 0.2) is 0 Å². The van der Waals surface area contributed by atoms with E-state index in [1.54, 1.807) is 31.2 Å². The second kappa shape index (κ2) is 4.24. The lowest BCUT2D eigenvalue weighted by atomic mass is 10.1. The monoisotopic (exact) mass is 187 g/mol. The first kappa shape index (κ1) is 10.0. The van der Waals surface area contributed by atoms with Gasteiger partial charge in [0.25, 0.3) is 0 Å². The minimum Gasteiger partial charge on any atom is -0.478 e. The van der Waals surface area contributed by atoms with Gasteiger partial charge in [0.05, 0.1) is 11.6 Å². The Morgan fingerprint density at radius 2 is 2.00 bits per heavy atom. The Hall–Kier alpha value is -2.08. The van der Waals surface area contributed by atoms with Gasteiger partial charge in [0, 0.05) is 6.08 Å². The zero-order valence-corrected chi connectivity index (χ0v) is 7.69. The van der Waals surface area contributed by atoms with Crippen LogP contribution < -0.4 is 0 Å². The first-order valence-electron chi connectivity index (χ1n) is 4.05. The number of carboxylic acid groups (broad SMARTS) is 1. The van der Waals surface area contributed by atoms with E-state index in [-0.39, 0.29) is 0 Å². The molecular formula is C11H9NO2. The van der Waals surface area contributed by atoms with E-state index >= 15 is 0 Å². The fourth-order valence-electron chi connectivity index (χ4n) is 1.08. The van der Waals surface area contributed by atoms with E-state index in [0.717, 1.165) is 11.6 Å². The van der Waals surface area contributed by atoms with Gasteiger partial charge in [-0.15, -0.1) is 0 Å². The standard InChI is InChI=1S/C11H9NO2/c1-8(6-11(13)14)10-4-2-9(7-12)3-5-10/h2-6H,1H3,(H,13,14)/b8-6-. The molecule has 0 radical (unpaired) electrons. The Kier molecular flexibility index (Phi) is 3.03. The summed E-state index contributed by atoms with van der Waals surface area (Å²) in [6, 6.07) is 8.78. The van der Waals surface area contributed by atoms with Crippen molar-refractivity contribution in [2.45, 2.75) is 6.92 Å². The molecule has 1 rings (SSSR count). The Morgan fingerprint density at radius 3 is 2.43 bits per heavy atom. The van der Waals surface area contributed by atoms with Crippen molar-refractivity contribution < 1.29 is 9.90 Å². The van der Waals surface area contributed by atoms with Crippen LogP contribution in [0.1, 0.15) is 18.1 Å². The van der Waals surface area contributed by atoms with Crippen LogP contribution in [0.2, 0.25) is 0 Å². The molecule has 0 aliphatic heterocycles. The number of carbonyl (C=O) groups is 1. The molecular weight excluding hydrogens is 178 g/mol. The molecule has 0 amide bonds. The van der Waals surface area contributed by atoms with Gasteiger partial charge < -0.3 is 5.11 Å².